The number of unbranched alkanes of at least 4 members (excludes halogenated alkanes) is 1. The van der Waals surface area contributed by atoms with E-state index in [-0.39, 0.29) is 0 Å². The molecular formula is C19H24ClNO. The third-order valence-corrected chi connectivity index (χ3v) is 4.01. The van der Waals surface area contributed by atoms with Gasteiger partial charge in [0.15, 0.2) is 0 Å². The van der Waals surface area contributed by atoms with E-state index in [2.05, 4.69) is 36.1 Å². The van der Waals surface area contributed by atoms with E-state index in [9.17, 15) is 5.11 Å². The molecule has 0 aliphatic carbocycles. The average Bonchev–Trinajstić information content (AvgIpc) is 2.54. The molecule has 22 heavy (non-hydrogen) atoms. The minimum atomic E-state index is -0.488. The number of aliphatic hydroxyl groups is 1. The van der Waals surface area contributed by atoms with Gasteiger partial charge >= 0.3 is 0 Å². The van der Waals surface area contributed by atoms with Crippen LogP contribution in [0.25, 0.3) is 0 Å². The summed E-state index contributed by atoms with van der Waals surface area (Å²) in [6, 6.07) is 17.9. The Bertz CT molecular complexity index is 541. The van der Waals surface area contributed by atoms with Crippen LogP contribution in [0.1, 0.15) is 37.0 Å². The second kappa shape index (κ2) is 8.94. The van der Waals surface area contributed by atoms with Crippen LogP contribution in [0.4, 0.5) is 0 Å². The van der Waals surface area contributed by atoms with Gasteiger partial charge in [0.2, 0.25) is 0 Å². The SMILES string of the molecule is CCCCN(Cc1ccccc1)CC(O)c1ccc(Cl)cc1. The molecule has 0 amide bonds. The van der Waals surface area contributed by atoms with Gasteiger partial charge in [-0.2, -0.15) is 0 Å². The van der Waals surface area contributed by atoms with Crippen molar-refractivity contribution in [2.75, 3.05) is 13.1 Å². The summed E-state index contributed by atoms with van der Waals surface area (Å²) in [6.45, 7) is 4.69. The molecule has 118 valence electrons. The monoisotopic (exact) mass is 317 g/mol. The highest BCUT2D eigenvalue weighted by molar-refractivity contribution is 6.30. The van der Waals surface area contributed by atoms with Crippen LogP contribution in [-0.4, -0.2) is 23.1 Å². The van der Waals surface area contributed by atoms with Gasteiger partial charge in [-0.25, -0.2) is 0 Å². The van der Waals surface area contributed by atoms with Crippen LogP contribution in [0.2, 0.25) is 5.02 Å². The minimum Gasteiger partial charge on any atom is -0.387 e. The molecule has 0 saturated heterocycles. The van der Waals surface area contributed by atoms with E-state index in [0.717, 1.165) is 31.5 Å². The first-order valence-corrected chi connectivity index (χ1v) is 8.26. The van der Waals surface area contributed by atoms with Gasteiger partial charge in [-0.05, 0) is 36.2 Å². The highest BCUT2D eigenvalue weighted by atomic mass is 35.5. The van der Waals surface area contributed by atoms with Crippen molar-refractivity contribution in [3.8, 4) is 0 Å². The first-order valence-electron chi connectivity index (χ1n) is 7.89. The standard InChI is InChI=1S/C19H24ClNO/c1-2-3-13-21(14-16-7-5-4-6-8-16)15-19(22)17-9-11-18(20)12-10-17/h4-12,19,22H,2-3,13-15H2,1H3. The minimum absolute atomic E-state index is 0.488. The molecule has 1 N–H and O–H groups in total. The summed E-state index contributed by atoms with van der Waals surface area (Å²) < 4.78 is 0. The smallest absolute Gasteiger partial charge is 0.0917 e. The summed E-state index contributed by atoms with van der Waals surface area (Å²) in [7, 11) is 0. The van der Waals surface area contributed by atoms with Crippen LogP contribution in [0.3, 0.4) is 0 Å². The van der Waals surface area contributed by atoms with Gasteiger partial charge in [0.1, 0.15) is 0 Å². The predicted octanol–water partition coefficient (Wildman–Crippen LogP) is 4.68. The number of halogens is 1. The lowest BCUT2D eigenvalue weighted by Crippen LogP contribution is -2.29. The zero-order chi connectivity index (χ0) is 15.8. The molecular weight excluding hydrogens is 294 g/mol. The Balaban J connectivity index is 2.00. The van der Waals surface area contributed by atoms with Gasteiger partial charge in [0, 0.05) is 18.1 Å². The van der Waals surface area contributed by atoms with Gasteiger partial charge in [-0.15, -0.1) is 0 Å². The van der Waals surface area contributed by atoms with Gasteiger partial charge in [0.25, 0.3) is 0 Å². The second-order valence-electron chi connectivity index (χ2n) is 5.64. The first kappa shape index (κ1) is 17.0. The Morgan fingerprint density at radius 1 is 1.05 bits per heavy atom. The van der Waals surface area contributed by atoms with Crippen LogP contribution in [0, 0.1) is 0 Å². The number of hydrogen-bond donors (Lipinski definition) is 1. The molecule has 2 aromatic carbocycles. The third kappa shape index (κ3) is 5.45. The predicted molar refractivity (Wildman–Crippen MR) is 93.0 cm³/mol. The number of rotatable bonds is 8. The van der Waals surface area contributed by atoms with Gasteiger partial charge in [-0.3, -0.25) is 4.90 Å². The molecule has 3 heteroatoms. The summed E-state index contributed by atoms with van der Waals surface area (Å²) in [4.78, 5) is 2.32. The van der Waals surface area contributed by atoms with E-state index in [1.807, 2.05) is 30.3 Å². The normalized spacial score (nSPS) is 12.5. The molecule has 2 aromatic rings. The van der Waals surface area contributed by atoms with E-state index in [1.54, 1.807) is 0 Å². The van der Waals surface area contributed by atoms with Gasteiger partial charge in [0.05, 0.1) is 6.10 Å². The summed E-state index contributed by atoms with van der Waals surface area (Å²) >= 11 is 5.91. The van der Waals surface area contributed by atoms with E-state index < -0.39 is 6.10 Å². The number of aliphatic hydroxyl groups excluding tert-OH is 1. The molecule has 0 heterocycles. The lowest BCUT2D eigenvalue weighted by molar-refractivity contribution is 0.108. The quantitative estimate of drug-likeness (QED) is 0.764. The largest absolute Gasteiger partial charge is 0.387 e. The molecule has 0 aromatic heterocycles. The van der Waals surface area contributed by atoms with Crippen molar-refractivity contribution in [1.29, 1.82) is 0 Å². The lowest BCUT2D eigenvalue weighted by atomic mass is 10.1. The molecule has 0 fully saturated rings. The molecule has 0 aliphatic rings. The van der Waals surface area contributed by atoms with E-state index in [4.69, 9.17) is 11.6 Å². The highest BCUT2D eigenvalue weighted by Gasteiger charge is 2.13. The van der Waals surface area contributed by atoms with E-state index in [0.29, 0.717) is 11.6 Å². The van der Waals surface area contributed by atoms with E-state index in [1.165, 1.54) is 5.56 Å². The Hall–Kier alpha value is -1.35. The first-order chi connectivity index (χ1) is 10.7. The molecule has 1 atom stereocenters. The maximum absolute atomic E-state index is 10.5. The Morgan fingerprint density at radius 3 is 2.36 bits per heavy atom. The summed E-state index contributed by atoms with van der Waals surface area (Å²) in [5.74, 6) is 0. The van der Waals surface area contributed by atoms with Crippen molar-refractivity contribution >= 4 is 11.6 Å². The Labute approximate surface area is 138 Å². The highest BCUT2D eigenvalue weighted by Crippen LogP contribution is 2.18. The molecule has 0 saturated carbocycles. The molecule has 0 bridgehead atoms. The molecule has 1 unspecified atom stereocenters. The fourth-order valence-electron chi connectivity index (χ4n) is 2.49. The van der Waals surface area contributed by atoms with Crippen molar-refractivity contribution in [2.45, 2.75) is 32.4 Å². The summed E-state index contributed by atoms with van der Waals surface area (Å²) in [6.07, 6.45) is 1.81. The van der Waals surface area contributed by atoms with Crippen LogP contribution < -0.4 is 0 Å². The number of hydrogen-bond acceptors (Lipinski definition) is 2. The van der Waals surface area contributed by atoms with Crippen LogP contribution in [-0.2, 0) is 6.54 Å². The fourth-order valence-corrected chi connectivity index (χ4v) is 2.62. The van der Waals surface area contributed by atoms with Crippen molar-refractivity contribution < 1.29 is 5.11 Å². The average molecular weight is 318 g/mol. The second-order valence-corrected chi connectivity index (χ2v) is 6.08. The maximum atomic E-state index is 10.5. The maximum Gasteiger partial charge on any atom is 0.0917 e. The number of benzene rings is 2. The van der Waals surface area contributed by atoms with Crippen LogP contribution >= 0.6 is 11.6 Å². The molecule has 0 spiro atoms. The van der Waals surface area contributed by atoms with Gasteiger partial charge in [-0.1, -0.05) is 67.4 Å². The van der Waals surface area contributed by atoms with E-state index >= 15 is 0 Å². The zero-order valence-corrected chi connectivity index (χ0v) is 13.8. The lowest BCUT2D eigenvalue weighted by Gasteiger charge is -2.25. The van der Waals surface area contributed by atoms with Crippen molar-refractivity contribution in [3.05, 3.63) is 70.7 Å². The molecule has 2 nitrogen and oxygen atoms in total. The zero-order valence-electron chi connectivity index (χ0n) is 13.1. The van der Waals surface area contributed by atoms with Crippen LogP contribution in [0.15, 0.2) is 54.6 Å². The molecule has 0 radical (unpaired) electrons. The van der Waals surface area contributed by atoms with Crippen molar-refractivity contribution in [3.63, 3.8) is 0 Å². The Morgan fingerprint density at radius 2 is 1.73 bits per heavy atom. The van der Waals surface area contributed by atoms with Crippen LogP contribution in [0.5, 0.6) is 0 Å². The number of nitrogens with zero attached hydrogens (tertiary/aromatic N) is 1. The summed E-state index contributed by atoms with van der Waals surface area (Å²) in [5.41, 5.74) is 2.20. The fraction of sp³-hybridized carbons (Fsp3) is 0.368. The van der Waals surface area contributed by atoms with Gasteiger partial charge < -0.3 is 5.11 Å². The Kier molecular flexibility index (Phi) is 6.91. The molecule has 2 rings (SSSR count). The third-order valence-electron chi connectivity index (χ3n) is 3.76. The van der Waals surface area contributed by atoms with Crippen molar-refractivity contribution in [1.82, 2.24) is 4.90 Å². The topological polar surface area (TPSA) is 23.5 Å². The summed E-state index contributed by atoms with van der Waals surface area (Å²) in [5, 5.41) is 11.2. The van der Waals surface area contributed by atoms with Crippen molar-refractivity contribution in [2.24, 2.45) is 0 Å². The molecule has 0 aliphatic heterocycles.